The van der Waals surface area contributed by atoms with Crippen molar-refractivity contribution in [2.45, 2.75) is 44.6 Å². The van der Waals surface area contributed by atoms with E-state index in [9.17, 15) is 18.7 Å². The second kappa shape index (κ2) is 10.4. The van der Waals surface area contributed by atoms with Crippen LogP contribution in [0.25, 0.3) is 11.3 Å². The number of piperidine rings is 1. The lowest BCUT2D eigenvalue weighted by Crippen LogP contribution is -2.37. The zero-order valence-corrected chi connectivity index (χ0v) is 21.9. The molecule has 0 saturated carbocycles. The minimum atomic E-state index is -0.900. The summed E-state index contributed by atoms with van der Waals surface area (Å²) in [7, 11) is 1.95. The molecule has 5 rings (SSSR count). The second-order valence-corrected chi connectivity index (χ2v) is 10.6. The smallest absolute Gasteiger partial charge is 0.235 e. The molecule has 2 aliphatic heterocycles. The fourth-order valence-corrected chi connectivity index (χ4v) is 5.30. The van der Waals surface area contributed by atoms with Crippen molar-refractivity contribution in [3.63, 3.8) is 0 Å². The molecule has 202 valence electrons. The number of anilines is 2. The maximum Gasteiger partial charge on any atom is 0.235 e. The number of halogens is 2. The van der Waals surface area contributed by atoms with Gasteiger partial charge in [0.15, 0.2) is 11.6 Å². The Morgan fingerprint density at radius 2 is 1.92 bits per heavy atom. The van der Waals surface area contributed by atoms with E-state index in [1.165, 1.54) is 12.4 Å². The Morgan fingerprint density at radius 3 is 2.63 bits per heavy atom. The van der Waals surface area contributed by atoms with E-state index in [2.05, 4.69) is 24.8 Å². The monoisotopic (exact) mass is 525 g/mol. The number of benzene rings is 1. The van der Waals surface area contributed by atoms with Gasteiger partial charge in [0.1, 0.15) is 23.8 Å². The molecule has 2 N–H and O–H groups in total. The van der Waals surface area contributed by atoms with E-state index in [0.717, 1.165) is 49.2 Å². The average molecular weight is 526 g/mol. The Bertz CT molecular complexity index is 1330. The minimum absolute atomic E-state index is 0.0799. The summed E-state index contributed by atoms with van der Waals surface area (Å²) in [4.78, 5) is 30.5. The highest BCUT2D eigenvalue weighted by molar-refractivity contribution is 6.06. The van der Waals surface area contributed by atoms with E-state index in [0.29, 0.717) is 36.7 Å². The van der Waals surface area contributed by atoms with Crippen LogP contribution in [0.2, 0.25) is 0 Å². The lowest BCUT2D eigenvalue weighted by molar-refractivity contribution is -0.119. The largest absolute Gasteiger partial charge is 0.395 e. The van der Waals surface area contributed by atoms with Crippen LogP contribution in [0.15, 0.2) is 30.7 Å². The van der Waals surface area contributed by atoms with Crippen molar-refractivity contribution in [1.29, 1.82) is 0 Å². The van der Waals surface area contributed by atoms with Crippen LogP contribution in [0.5, 0.6) is 0 Å². The molecular weight excluding hydrogens is 492 g/mol. The summed E-state index contributed by atoms with van der Waals surface area (Å²) in [6.45, 7) is 7.25. The quantitative estimate of drug-likeness (QED) is 0.466. The molecule has 2 aliphatic rings. The van der Waals surface area contributed by atoms with E-state index in [4.69, 9.17) is 4.98 Å². The maximum atomic E-state index is 14.0. The Kier molecular flexibility index (Phi) is 7.15. The van der Waals surface area contributed by atoms with Gasteiger partial charge in [0.25, 0.3) is 0 Å². The number of aromatic nitrogens is 4. The summed E-state index contributed by atoms with van der Waals surface area (Å²) in [6.07, 6.45) is 5.03. The number of nitrogens with zero attached hydrogens (tertiary/aromatic N) is 6. The van der Waals surface area contributed by atoms with Crippen molar-refractivity contribution in [1.82, 2.24) is 24.4 Å². The highest BCUT2D eigenvalue weighted by Gasteiger charge is 2.43. The molecular formula is C27H33F2N7O2. The number of imidazole rings is 1. The van der Waals surface area contributed by atoms with Crippen LogP contribution in [-0.2, 0) is 16.8 Å². The molecule has 11 heteroatoms. The predicted octanol–water partition coefficient (Wildman–Crippen LogP) is 3.16. The standard InChI is InChI=1S/C27H33F2N7O2/c1-27(2)22-23(33-26(27)38)30-16-31-25(22)35-8-6-17(7-9-35)24-32-21(18-4-5-19(28)20(29)14-18)15-36(24)11-10-34(3)12-13-37/h4-5,14-17,37H,6-13H2,1-3H3,(H,30,31,33,38). The number of likely N-dealkylation sites (N-methyl/N-ethyl adjacent to an activating group) is 1. The number of rotatable bonds is 8. The molecule has 0 radical (unpaired) electrons. The highest BCUT2D eigenvalue weighted by atomic mass is 19.2. The summed E-state index contributed by atoms with van der Waals surface area (Å²) in [5.41, 5.74) is 1.25. The Morgan fingerprint density at radius 1 is 1.16 bits per heavy atom. The average Bonchev–Trinajstić information content (AvgIpc) is 3.43. The Labute approximate surface area is 220 Å². The van der Waals surface area contributed by atoms with Crippen molar-refractivity contribution >= 4 is 17.5 Å². The van der Waals surface area contributed by atoms with Crippen molar-refractivity contribution in [2.24, 2.45) is 0 Å². The van der Waals surface area contributed by atoms with E-state index in [-0.39, 0.29) is 18.4 Å². The van der Waals surface area contributed by atoms with Gasteiger partial charge in [-0.05, 0) is 51.9 Å². The topological polar surface area (TPSA) is 99.4 Å². The van der Waals surface area contributed by atoms with Gasteiger partial charge >= 0.3 is 0 Å². The van der Waals surface area contributed by atoms with Crippen molar-refractivity contribution in [3.05, 3.63) is 53.7 Å². The van der Waals surface area contributed by atoms with Crippen molar-refractivity contribution < 1.29 is 18.7 Å². The Balaban J connectivity index is 1.38. The van der Waals surface area contributed by atoms with Crippen LogP contribution in [0, 0.1) is 11.6 Å². The number of carbonyl (C=O) groups excluding carboxylic acids is 1. The number of hydrogen-bond donors (Lipinski definition) is 2. The van der Waals surface area contributed by atoms with Gasteiger partial charge in [-0.3, -0.25) is 4.79 Å². The van der Waals surface area contributed by atoms with Crippen LogP contribution >= 0.6 is 0 Å². The minimum Gasteiger partial charge on any atom is -0.395 e. The molecule has 1 saturated heterocycles. The number of nitrogens with one attached hydrogen (secondary N) is 1. The number of amides is 1. The molecule has 3 aromatic rings. The molecule has 4 heterocycles. The fraction of sp³-hybridized carbons (Fsp3) is 0.481. The van der Waals surface area contributed by atoms with Gasteiger partial charge in [-0.1, -0.05) is 0 Å². The molecule has 1 fully saturated rings. The van der Waals surface area contributed by atoms with Gasteiger partial charge in [-0.15, -0.1) is 0 Å². The lowest BCUT2D eigenvalue weighted by atomic mass is 9.86. The van der Waals surface area contributed by atoms with Crippen LogP contribution in [0.3, 0.4) is 0 Å². The maximum absolute atomic E-state index is 14.0. The molecule has 38 heavy (non-hydrogen) atoms. The van der Waals surface area contributed by atoms with Crippen LogP contribution < -0.4 is 10.2 Å². The normalized spacial score (nSPS) is 17.2. The molecule has 0 aliphatic carbocycles. The molecule has 0 atom stereocenters. The molecule has 1 amide bonds. The van der Waals surface area contributed by atoms with E-state index >= 15 is 0 Å². The molecule has 2 aromatic heterocycles. The molecule has 0 unspecified atom stereocenters. The van der Waals surface area contributed by atoms with Crippen LogP contribution in [0.4, 0.5) is 20.4 Å². The number of hydrogen-bond acceptors (Lipinski definition) is 7. The third-order valence-corrected chi connectivity index (χ3v) is 7.64. The molecule has 1 aromatic carbocycles. The first kappa shape index (κ1) is 26.2. The molecule has 0 bridgehead atoms. The van der Waals surface area contributed by atoms with Gasteiger partial charge in [0.05, 0.1) is 23.3 Å². The fourth-order valence-electron chi connectivity index (χ4n) is 5.30. The zero-order valence-electron chi connectivity index (χ0n) is 21.9. The number of fused-ring (bicyclic) bond motifs is 1. The number of carbonyl (C=O) groups is 1. The second-order valence-electron chi connectivity index (χ2n) is 10.6. The predicted molar refractivity (Wildman–Crippen MR) is 140 cm³/mol. The van der Waals surface area contributed by atoms with Crippen LogP contribution in [0.1, 0.15) is 44.0 Å². The summed E-state index contributed by atoms with van der Waals surface area (Å²) >= 11 is 0. The lowest BCUT2D eigenvalue weighted by Gasteiger charge is -2.34. The summed E-state index contributed by atoms with van der Waals surface area (Å²) in [6, 6.07) is 3.85. The van der Waals surface area contributed by atoms with Gasteiger partial charge < -0.3 is 24.8 Å². The third-order valence-electron chi connectivity index (χ3n) is 7.64. The van der Waals surface area contributed by atoms with Gasteiger partial charge in [0.2, 0.25) is 5.91 Å². The Hall–Kier alpha value is -3.44. The van der Waals surface area contributed by atoms with E-state index < -0.39 is 17.0 Å². The first-order valence-corrected chi connectivity index (χ1v) is 12.9. The summed E-state index contributed by atoms with van der Waals surface area (Å²) < 4.78 is 29.6. The number of aliphatic hydroxyl groups is 1. The van der Waals surface area contributed by atoms with Gasteiger partial charge in [0, 0.05) is 50.4 Å². The number of aliphatic hydroxyl groups excluding tert-OH is 1. The van der Waals surface area contributed by atoms with Crippen molar-refractivity contribution in [3.8, 4) is 11.3 Å². The van der Waals surface area contributed by atoms with Gasteiger partial charge in [-0.2, -0.15) is 0 Å². The molecule has 9 nitrogen and oxygen atoms in total. The van der Waals surface area contributed by atoms with Gasteiger partial charge in [-0.25, -0.2) is 23.7 Å². The first-order valence-electron chi connectivity index (χ1n) is 12.9. The summed E-state index contributed by atoms with van der Waals surface area (Å²) in [5, 5.41) is 12.1. The summed E-state index contributed by atoms with van der Waals surface area (Å²) in [5.74, 6) is 0.565. The SMILES string of the molecule is CN(CCO)CCn1cc(-c2ccc(F)c(F)c2)nc1C1CCN(c2ncnc3c2C(C)(C)C(=O)N3)CC1. The molecule has 0 spiro atoms. The zero-order chi connectivity index (χ0) is 27.0. The van der Waals surface area contributed by atoms with Crippen molar-refractivity contribution in [2.75, 3.05) is 50.1 Å². The highest BCUT2D eigenvalue weighted by Crippen LogP contribution is 2.42. The van der Waals surface area contributed by atoms with Crippen LogP contribution in [-0.4, -0.2) is 75.3 Å². The first-order chi connectivity index (χ1) is 18.2. The third kappa shape index (κ3) is 4.88. The van der Waals surface area contributed by atoms with E-state index in [1.807, 2.05) is 32.0 Å². The van der Waals surface area contributed by atoms with E-state index in [1.54, 1.807) is 6.07 Å².